The predicted molar refractivity (Wildman–Crippen MR) is 92.8 cm³/mol. The van der Waals surface area contributed by atoms with Crippen molar-refractivity contribution in [3.63, 3.8) is 0 Å². The molecule has 1 heterocycles. The van der Waals surface area contributed by atoms with Crippen molar-refractivity contribution in [2.45, 2.75) is 11.8 Å². The molecule has 0 amide bonds. The third kappa shape index (κ3) is 3.43. The van der Waals surface area contributed by atoms with Crippen molar-refractivity contribution < 1.29 is 17.2 Å². The Bertz CT molecular complexity index is 1130. The van der Waals surface area contributed by atoms with E-state index in [1.807, 2.05) is 0 Å². The molecule has 0 unspecified atom stereocenters. The summed E-state index contributed by atoms with van der Waals surface area (Å²) in [6, 6.07) is 10.8. The average Bonchev–Trinajstić information content (AvgIpc) is 3.07. The Kier molecular flexibility index (Phi) is 4.49. The fourth-order valence-electron chi connectivity index (χ4n) is 2.49. The van der Waals surface area contributed by atoms with Gasteiger partial charge in [0.05, 0.1) is 17.3 Å². The summed E-state index contributed by atoms with van der Waals surface area (Å²) in [5, 5.41) is 8.73. The number of sulfonamides is 1. The van der Waals surface area contributed by atoms with E-state index in [1.165, 1.54) is 36.5 Å². The maximum absolute atomic E-state index is 13.9. The summed E-state index contributed by atoms with van der Waals surface area (Å²) in [5.74, 6) is -1.23. The lowest BCUT2D eigenvalue weighted by Gasteiger charge is -2.07. The number of nitriles is 1. The molecule has 3 aromatic rings. The van der Waals surface area contributed by atoms with Crippen LogP contribution in [0.15, 0.2) is 53.6 Å². The molecule has 0 atom stereocenters. The summed E-state index contributed by atoms with van der Waals surface area (Å²) in [5.41, 5.74) is 1.60. The van der Waals surface area contributed by atoms with Crippen LogP contribution in [0.3, 0.4) is 0 Å². The number of benzene rings is 2. The molecule has 0 radical (unpaired) electrons. The first-order valence-electron chi connectivity index (χ1n) is 7.47. The van der Waals surface area contributed by atoms with Gasteiger partial charge in [-0.2, -0.15) is 5.26 Å². The van der Waals surface area contributed by atoms with Gasteiger partial charge in [0, 0.05) is 17.5 Å². The number of aryl methyl sites for hydroxylation is 1. The number of nitrogens with zero attached hydrogens (tertiary/aromatic N) is 1. The molecule has 0 saturated heterocycles. The van der Waals surface area contributed by atoms with Crippen molar-refractivity contribution >= 4 is 15.7 Å². The highest BCUT2D eigenvalue weighted by Crippen LogP contribution is 2.27. The van der Waals surface area contributed by atoms with Gasteiger partial charge in [0.15, 0.2) is 0 Å². The number of hydrogen-bond donors (Lipinski definition) is 2. The Hall–Kier alpha value is -3.18. The van der Waals surface area contributed by atoms with Crippen LogP contribution in [0.1, 0.15) is 11.1 Å². The lowest BCUT2D eigenvalue weighted by molar-refractivity contribution is 0.598. The van der Waals surface area contributed by atoms with Crippen LogP contribution in [0, 0.1) is 29.9 Å². The molecule has 0 spiro atoms. The monoisotopic (exact) mass is 373 g/mol. The van der Waals surface area contributed by atoms with Gasteiger partial charge in [-0.1, -0.05) is 0 Å². The number of nitrogens with one attached hydrogen (secondary N) is 2. The average molecular weight is 373 g/mol. The first kappa shape index (κ1) is 17.6. The maximum Gasteiger partial charge on any atom is 0.263 e. The first-order valence-corrected chi connectivity index (χ1v) is 8.96. The van der Waals surface area contributed by atoms with Crippen LogP contribution in [0.5, 0.6) is 0 Å². The van der Waals surface area contributed by atoms with Gasteiger partial charge in [-0.3, -0.25) is 4.72 Å². The highest BCUT2D eigenvalue weighted by molar-refractivity contribution is 7.92. The second-order valence-electron chi connectivity index (χ2n) is 5.62. The molecule has 5 nitrogen and oxygen atoms in total. The standard InChI is InChI=1S/C18H13F2N3O2S/c1-11-6-13(19)3-4-15(11)18-8-14(10-22-18)26(24,25)23-17-5-2-12(9-21)7-16(17)20/h2-8,10,22-23H,1H3. The van der Waals surface area contributed by atoms with E-state index in [2.05, 4.69) is 9.71 Å². The number of aromatic nitrogens is 1. The topological polar surface area (TPSA) is 85.8 Å². The molecule has 2 N–H and O–H groups in total. The Morgan fingerprint density at radius 1 is 1.12 bits per heavy atom. The zero-order valence-corrected chi connectivity index (χ0v) is 14.4. The molecular formula is C18H13F2N3O2S. The van der Waals surface area contributed by atoms with Gasteiger partial charge in [0.25, 0.3) is 10.0 Å². The van der Waals surface area contributed by atoms with E-state index in [0.717, 1.165) is 6.07 Å². The van der Waals surface area contributed by atoms with Crippen LogP contribution in [-0.2, 0) is 10.0 Å². The minimum Gasteiger partial charge on any atom is -0.360 e. The van der Waals surface area contributed by atoms with E-state index in [1.54, 1.807) is 19.1 Å². The van der Waals surface area contributed by atoms with Crippen molar-refractivity contribution in [2.24, 2.45) is 0 Å². The van der Waals surface area contributed by atoms with Gasteiger partial charge < -0.3 is 4.98 Å². The summed E-state index contributed by atoms with van der Waals surface area (Å²) in [7, 11) is -4.04. The summed E-state index contributed by atoms with van der Waals surface area (Å²) in [6.45, 7) is 1.71. The van der Waals surface area contributed by atoms with Crippen molar-refractivity contribution in [1.29, 1.82) is 5.26 Å². The van der Waals surface area contributed by atoms with Crippen LogP contribution < -0.4 is 4.72 Å². The van der Waals surface area contributed by atoms with Crippen molar-refractivity contribution in [2.75, 3.05) is 4.72 Å². The lowest BCUT2D eigenvalue weighted by atomic mass is 10.1. The molecule has 0 aliphatic heterocycles. The number of aromatic amines is 1. The third-order valence-electron chi connectivity index (χ3n) is 3.79. The van der Waals surface area contributed by atoms with E-state index in [-0.39, 0.29) is 22.0 Å². The zero-order valence-electron chi connectivity index (χ0n) is 13.5. The number of anilines is 1. The van der Waals surface area contributed by atoms with Gasteiger partial charge in [-0.15, -0.1) is 0 Å². The Morgan fingerprint density at radius 2 is 1.88 bits per heavy atom. The van der Waals surface area contributed by atoms with Gasteiger partial charge in [-0.05, 0) is 55.0 Å². The molecule has 0 fully saturated rings. The zero-order chi connectivity index (χ0) is 18.9. The number of hydrogen-bond acceptors (Lipinski definition) is 3. The summed E-state index contributed by atoms with van der Waals surface area (Å²) in [4.78, 5) is 2.73. The van der Waals surface area contributed by atoms with Crippen molar-refractivity contribution in [1.82, 2.24) is 4.98 Å². The molecule has 132 valence electrons. The van der Waals surface area contributed by atoms with Crippen LogP contribution >= 0.6 is 0 Å². The smallest absolute Gasteiger partial charge is 0.263 e. The highest BCUT2D eigenvalue weighted by Gasteiger charge is 2.19. The minimum atomic E-state index is -4.04. The molecule has 1 aromatic heterocycles. The third-order valence-corrected chi connectivity index (χ3v) is 5.13. The van der Waals surface area contributed by atoms with Gasteiger partial charge in [-0.25, -0.2) is 17.2 Å². The molecule has 0 aliphatic carbocycles. The maximum atomic E-state index is 13.9. The lowest BCUT2D eigenvalue weighted by Crippen LogP contribution is -2.13. The SMILES string of the molecule is Cc1cc(F)ccc1-c1cc(S(=O)(=O)Nc2ccc(C#N)cc2F)c[nH]1. The molecule has 8 heteroatoms. The van der Waals surface area contributed by atoms with Crippen LogP contribution in [0.4, 0.5) is 14.5 Å². The Balaban J connectivity index is 1.92. The number of H-pyrrole nitrogens is 1. The van der Waals surface area contributed by atoms with Crippen molar-refractivity contribution in [3.05, 3.63) is 71.4 Å². The fourth-order valence-corrected chi connectivity index (χ4v) is 3.55. The van der Waals surface area contributed by atoms with Gasteiger partial charge >= 0.3 is 0 Å². The minimum absolute atomic E-state index is 0.0844. The number of halogens is 2. The predicted octanol–water partition coefficient (Wildman–Crippen LogP) is 3.94. The van der Waals surface area contributed by atoms with Crippen LogP contribution in [0.25, 0.3) is 11.3 Å². The molecule has 0 bridgehead atoms. The summed E-state index contributed by atoms with van der Waals surface area (Å²) >= 11 is 0. The van der Waals surface area contributed by atoms with E-state index in [0.29, 0.717) is 16.8 Å². The van der Waals surface area contributed by atoms with E-state index in [9.17, 15) is 17.2 Å². The normalized spacial score (nSPS) is 11.2. The second kappa shape index (κ2) is 6.61. The summed E-state index contributed by atoms with van der Waals surface area (Å²) in [6.07, 6.45) is 1.27. The van der Waals surface area contributed by atoms with E-state index < -0.39 is 15.8 Å². The van der Waals surface area contributed by atoms with E-state index in [4.69, 9.17) is 5.26 Å². The Morgan fingerprint density at radius 3 is 2.54 bits per heavy atom. The first-order chi connectivity index (χ1) is 12.3. The Labute approximate surface area is 149 Å². The number of rotatable bonds is 4. The van der Waals surface area contributed by atoms with Crippen LogP contribution in [0.2, 0.25) is 0 Å². The molecule has 0 saturated carbocycles. The quantitative estimate of drug-likeness (QED) is 0.726. The van der Waals surface area contributed by atoms with E-state index >= 15 is 0 Å². The summed E-state index contributed by atoms with van der Waals surface area (Å²) < 4.78 is 54.2. The molecule has 0 aliphatic rings. The second-order valence-corrected chi connectivity index (χ2v) is 7.30. The van der Waals surface area contributed by atoms with Crippen molar-refractivity contribution in [3.8, 4) is 17.3 Å². The van der Waals surface area contributed by atoms with Gasteiger partial charge in [0.1, 0.15) is 16.5 Å². The molecule has 26 heavy (non-hydrogen) atoms. The fraction of sp³-hybridized carbons (Fsp3) is 0.0556. The van der Waals surface area contributed by atoms with Crippen LogP contribution in [-0.4, -0.2) is 13.4 Å². The van der Waals surface area contributed by atoms with Gasteiger partial charge in [0.2, 0.25) is 0 Å². The molecule has 2 aromatic carbocycles. The molecule has 3 rings (SSSR count). The highest BCUT2D eigenvalue weighted by atomic mass is 32.2. The molecular weight excluding hydrogens is 360 g/mol. The largest absolute Gasteiger partial charge is 0.360 e.